The van der Waals surface area contributed by atoms with Crippen molar-refractivity contribution in [3.8, 4) is 0 Å². The highest BCUT2D eigenvalue weighted by Crippen LogP contribution is 2.40. The van der Waals surface area contributed by atoms with Crippen LogP contribution in [0.3, 0.4) is 0 Å². The summed E-state index contributed by atoms with van der Waals surface area (Å²) in [6.45, 7) is 1.32. The zero-order chi connectivity index (χ0) is 12.1. The van der Waals surface area contributed by atoms with Crippen LogP contribution in [0, 0.1) is 5.92 Å². The molecular weight excluding hydrogens is 214 g/mol. The third-order valence-corrected chi connectivity index (χ3v) is 3.04. The lowest BCUT2D eigenvalue weighted by Gasteiger charge is -2.18. The van der Waals surface area contributed by atoms with Crippen LogP contribution in [0.2, 0.25) is 0 Å². The number of urea groups is 1. The highest BCUT2D eigenvalue weighted by atomic mass is 16.2. The topological polar surface area (TPSA) is 67.2 Å². The molecule has 1 unspecified atom stereocenters. The van der Waals surface area contributed by atoms with E-state index in [9.17, 15) is 4.79 Å². The van der Waals surface area contributed by atoms with Crippen molar-refractivity contribution in [2.45, 2.75) is 18.9 Å². The van der Waals surface area contributed by atoms with Gasteiger partial charge in [0.05, 0.1) is 0 Å². The molecule has 1 atom stereocenters. The molecule has 1 aromatic rings. The highest BCUT2D eigenvalue weighted by Gasteiger charge is 2.31. The minimum absolute atomic E-state index is 0.408. The van der Waals surface area contributed by atoms with Gasteiger partial charge in [-0.1, -0.05) is 30.3 Å². The second-order valence-electron chi connectivity index (χ2n) is 4.47. The van der Waals surface area contributed by atoms with E-state index in [1.165, 1.54) is 18.4 Å². The summed E-state index contributed by atoms with van der Waals surface area (Å²) >= 11 is 0. The molecule has 4 heteroatoms. The lowest BCUT2D eigenvalue weighted by atomic mass is 10.0. The van der Waals surface area contributed by atoms with E-state index in [0.717, 1.165) is 12.5 Å². The Labute approximate surface area is 102 Å². The van der Waals surface area contributed by atoms with Gasteiger partial charge < -0.3 is 16.4 Å². The van der Waals surface area contributed by atoms with Gasteiger partial charge in [-0.2, -0.15) is 0 Å². The van der Waals surface area contributed by atoms with E-state index in [4.69, 9.17) is 5.73 Å². The molecule has 0 aromatic heterocycles. The molecule has 0 spiro atoms. The standard InChI is InChI=1S/C13H19N3O/c14-13(17)16-9-8-15-12(11-6-7-11)10-4-2-1-3-5-10/h1-5,11-12,15H,6-9H2,(H3,14,16,17). The van der Waals surface area contributed by atoms with Crippen molar-refractivity contribution < 1.29 is 4.79 Å². The van der Waals surface area contributed by atoms with Crippen LogP contribution in [0.15, 0.2) is 30.3 Å². The molecular formula is C13H19N3O. The second kappa shape index (κ2) is 5.68. The van der Waals surface area contributed by atoms with Crippen molar-refractivity contribution in [1.82, 2.24) is 10.6 Å². The zero-order valence-corrected chi connectivity index (χ0v) is 9.86. The number of benzene rings is 1. The minimum atomic E-state index is -0.463. The fourth-order valence-corrected chi connectivity index (χ4v) is 2.06. The maximum Gasteiger partial charge on any atom is 0.312 e. The number of nitrogens with one attached hydrogen (secondary N) is 2. The largest absolute Gasteiger partial charge is 0.352 e. The first-order valence-electron chi connectivity index (χ1n) is 6.09. The Morgan fingerprint density at radius 1 is 1.29 bits per heavy atom. The van der Waals surface area contributed by atoms with Crippen molar-refractivity contribution in [2.24, 2.45) is 11.7 Å². The number of rotatable bonds is 6. The lowest BCUT2D eigenvalue weighted by Crippen LogP contribution is -2.36. The Morgan fingerprint density at radius 3 is 2.59 bits per heavy atom. The average Bonchev–Trinajstić information content (AvgIpc) is 3.14. The lowest BCUT2D eigenvalue weighted by molar-refractivity contribution is 0.248. The molecule has 1 saturated carbocycles. The molecule has 1 aliphatic rings. The molecule has 0 aliphatic heterocycles. The first-order chi connectivity index (χ1) is 8.27. The van der Waals surface area contributed by atoms with Gasteiger partial charge in [0.1, 0.15) is 0 Å². The van der Waals surface area contributed by atoms with Crippen LogP contribution in [-0.2, 0) is 0 Å². The number of hydrogen-bond donors (Lipinski definition) is 3. The first kappa shape index (κ1) is 11.9. The van der Waals surface area contributed by atoms with Crippen molar-refractivity contribution in [3.63, 3.8) is 0 Å². The molecule has 1 aliphatic carbocycles. The Kier molecular flexibility index (Phi) is 3.98. The van der Waals surface area contributed by atoms with E-state index in [1.54, 1.807) is 0 Å². The van der Waals surface area contributed by atoms with Gasteiger partial charge >= 0.3 is 6.03 Å². The average molecular weight is 233 g/mol. The third kappa shape index (κ3) is 3.75. The number of carbonyl (C=O) groups excluding carboxylic acids is 1. The van der Waals surface area contributed by atoms with Crippen LogP contribution >= 0.6 is 0 Å². The summed E-state index contributed by atoms with van der Waals surface area (Å²) in [7, 11) is 0. The summed E-state index contributed by atoms with van der Waals surface area (Å²) in [4.78, 5) is 10.5. The van der Waals surface area contributed by atoms with Crippen molar-refractivity contribution in [1.29, 1.82) is 0 Å². The maximum absolute atomic E-state index is 10.5. The Morgan fingerprint density at radius 2 is 2.00 bits per heavy atom. The predicted molar refractivity (Wildman–Crippen MR) is 67.5 cm³/mol. The molecule has 2 amide bonds. The third-order valence-electron chi connectivity index (χ3n) is 3.04. The van der Waals surface area contributed by atoms with Crippen molar-refractivity contribution >= 4 is 6.03 Å². The number of nitrogens with two attached hydrogens (primary N) is 1. The SMILES string of the molecule is NC(=O)NCCNC(c1ccccc1)C1CC1. The molecule has 0 radical (unpaired) electrons. The molecule has 4 nitrogen and oxygen atoms in total. The van der Waals surface area contributed by atoms with Gasteiger partial charge in [0.15, 0.2) is 0 Å². The first-order valence-corrected chi connectivity index (χ1v) is 6.09. The van der Waals surface area contributed by atoms with Gasteiger partial charge in [-0.25, -0.2) is 4.79 Å². The van der Waals surface area contributed by atoms with E-state index in [-0.39, 0.29) is 0 Å². The fourth-order valence-electron chi connectivity index (χ4n) is 2.06. The molecule has 2 rings (SSSR count). The Balaban J connectivity index is 1.84. The monoisotopic (exact) mass is 233 g/mol. The normalized spacial score (nSPS) is 16.5. The molecule has 1 aromatic carbocycles. The number of hydrogen-bond acceptors (Lipinski definition) is 2. The Bertz CT molecular complexity index is 362. The molecule has 4 N–H and O–H groups in total. The van der Waals surface area contributed by atoms with Gasteiger partial charge in [-0.05, 0) is 24.3 Å². The summed E-state index contributed by atoms with van der Waals surface area (Å²) in [6, 6.07) is 10.4. The van der Waals surface area contributed by atoms with Gasteiger partial charge in [-0.15, -0.1) is 0 Å². The Hall–Kier alpha value is -1.55. The molecule has 0 bridgehead atoms. The number of primary amides is 1. The molecule has 92 valence electrons. The van der Waals surface area contributed by atoms with Gasteiger partial charge in [0.2, 0.25) is 0 Å². The molecule has 0 heterocycles. The van der Waals surface area contributed by atoms with E-state index < -0.39 is 6.03 Å². The number of carbonyl (C=O) groups is 1. The van der Waals surface area contributed by atoms with Crippen LogP contribution in [-0.4, -0.2) is 19.1 Å². The summed E-state index contributed by atoms with van der Waals surface area (Å²) in [5.74, 6) is 0.742. The second-order valence-corrected chi connectivity index (χ2v) is 4.47. The quantitative estimate of drug-likeness (QED) is 0.650. The maximum atomic E-state index is 10.5. The van der Waals surface area contributed by atoms with Crippen molar-refractivity contribution in [3.05, 3.63) is 35.9 Å². The fraction of sp³-hybridized carbons (Fsp3) is 0.462. The summed E-state index contributed by atoms with van der Waals surface area (Å²) < 4.78 is 0. The van der Waals surface area contributed by atoms with E-state index in [1.807, 2.05) is 6.07 Å². The minimum Gasteiger partial charge on any atom is -0.352 e. The van der Waals surface area contributed by atoms with Crippen LogP contribution in [0.25, 0.3) is 0 Å². The van der Waals surface area contributed by atoms with Crippen LogP contribution in [0.1, 0.15) is 24.4 Å². The van der Waals surface area contributed by atoms with E-state index >= 15 is 0 Å². The summed E-state index contributed by atoms with van der Waals surface area (Å²) in [5, 5.41) is 6.07. The van der Waals surface area contributed by atoms with Crippen LogP contribution in [0.4, 0.5) is 4.79 Å². The highest BCUT2D eigenvalue weighted by molar-refractivity contribution is 5.71. The van der Waals surface area contributed by atoms with Gasteiger partial charge in [-0.3, -0.25) is 0 Å². The summed E-state index contributed by atoms with van der Waals surface area (Å²) in [5.41, 5.74) is 6.34. The smallest absolute Gasteiger partial charge is 0.312 e. The van der Waals surface area contributed by atoms with Crippen molar-refractivity contribution in [2.75, 3.05) is 13.1 Å². The van der Waals surface area contributed by atoms with Gasteiger partial charge in [0.25, 0.3) is 0 Å². The molecule has 0 saturated heterocycles. The van der Waals surface area contributed by atoms with Crippen LogP contribution in [0.5, 0.6) is 0 Å². The number of amides is 2. The predicted octanol–water partition coefficient (Wildman–Crippen LogP) is 1.40. The molecule has 1 fully saturated rings. The van der Waals surface area contributed by atoms with Gasteiger partial charge in [0, 0.05) is 19.1 Å². The summed E-state index contributed by atoms with van der Waals surface area (Å²) in [6.07, 6.45) is 2.58. The molecule has 17 heavy (non-hydrogen) atoms. The van der Waals surface area contributed by atoms with E-state index in [2.05, 4.69) is 34.9 Å². The van der Waals surface area contributed by atoms with E-state index in [0.29, 0.717) is 12.6 Å². The zero-order valence-electron chi connectivity index (χ0n) is 9.86. The van der Waals surface area contributed by atoms with Crippen LogP contribution < -0.4 is 16.4 Å².